The lowest BCUT2D eigenvalue weighted by Gasteiger charge is -2.32. The van der Waals surface area contributed by atoms with Crippen molar-refractivity contribution in [1.82, 2.24) is 18.9 Å². The largest absolute Gasteiger partial charge is 0.417 e. The summed E-state index contributed by atoms with van der Waals surface area (Å²) in [5, 5.41) is 8.25. The summed E-state index contributed by atoms with van der Waals surface area (Å²) in [6.45, 7) is 0.634. The van der Waals surface area contributed by atoms with Crippen LogP contribution in [0, 0.1) is 5.92 Å². The Bertz CT molecular complexity index is 1600. The van der Waals surface area contributed by atoms with Crippen LogP contribution in [-0.4, -0.2) is 47.0 Å². The second-order valence-corrected chi connectivity index (χ2v) is 12.1. The minimum Gasteiger partial charge on any atom is -0.370 e. The number of nitrogens with zero attached hydrogens (tertiary/aromatic N) is 4. The maximum atomic E-state index is 13.5. The molecule has 0 aliphatic carbocycles. The summed E-state index contributed by atoms with van der Waals surface area (Å²) in [5.41, 5.74) is 0.784. The molecule has 2 aromatic carbocycles. The van der Waals surface area contributed by atoms with Gasteiger partial charge in [-0.05, 0) is 52.9 Å². The molecule has 2 aromatic heterocycles. The van der Waals surface area contributed by atoms with Gasteiger partial charge >= 0.3 is 6.18 Å². The monoisotopic (exact) mass is 627 g/mol. The molecule has 7 nitrogen and oxygen atoms in total. The van der Waals surface area contributed by atoms with Gasteiger partial charge in [0.1, 0.15) is 5.82 Å². The zero-order chi connectivity index (χ0) is 27.1. The third-order valence-corrected chi connectivity index (χ3v) is 9.25. The number of aromatic nitrogens is 3. The second kappa shape index (κ2) is 10.5. The van der Waals surface area contributed by atoms with Gasteiger partial charge in [0.2, 0.25) is 10.0 Å². The molecule has 3 heterocycles. The van der Waals surface area contributed by atoms with Crippen molar-refractivity contribution in [3.05, 3.63) is 75.9 Å². The average molecular weight is 629 g/mol. The topological polar surface area (TPSA) is 79.6 Å². The highest BCUT2D eigenvalue weighted by Gasteiger charge is 2.39. The van der Waals surface area contributed by atoms with Crippen molar-refractivity contribution >= 4 is 49.0 Å². The molecule has 200 valence electrons. The molecule has 0 saturated carbocycles. The first-order chi connectivity index (χ1) is 18.1. The summed E-state index contributed by atoms with van der Waals surface area (Å²) in [7, 11) is -4.33. The predicted octanol–water partition coefficient (Wildman–Crippen LogP) is 6.34. The minimum absolute atomic E-state index is 0.0932. The van der Waals surface area contributed by atoms with E-state index in [1.54, 1.807) is 16.8 Å². The Morgan fingerprint density at radius 3 is 2.63 bits per heavy atom. The summed E-state index contributed by atoms with van der Waals surface area (Å²) in [6.07, 6.45) is -1.90. The van der Waals surface area contributed by atoms with Gasteiger partial charge in [0, 0.05) is 36.3 Å². The maximum Gasteiger partial charge on any atom is 0.417 e. The van der Waals surface area contributed by atoms with Crippen LogP contribution in [0.25, 0.3) is 16.9 Å². The van der Waals surface area contributed by atoms with Gasteiger partial charge in [-0.1, -0.05) is 41.9 Å². The number of sulfonamides is 1. The molecule has 1 atom stereocenters. The first-order valence-corrected chi connectivity index (χ1v) is 14.4. The Morgan fingerprint density at radius 1 is 1.13 bits per heavy atom. The molecule has 1 aliphatic rings. The number of rotatable bonds is 6. The van der Waals surface area contributed by atoms with Crippen molar-refractivity contribution < 1.29 is 21.6 Å². The summed E-state index contributed by atoms with van der Waals surface area (Å²) in [4.78, 5) is 3.96. The van der Waals surface area contributed by atoms with Crippen LogP contribution in [0.3, 0.4) is 0 Å². The number of halogens is 5. The van der Waals surface area contributed by atoms with Gasteiger partial charge in [-0.3, -0.25) is 0 Å². The van der Waals surface area contributed by atoms with Gasteiger partial charge in [0.25, 0.3) is 0 Å². The van der Waals surface area contributed by atoms with Crippen molar-refractivity contribution in [3.8, 4) is 11.3 Å². The molecule has 1 N–H and O–H groups in total. The van der Waals surface area contributed by atoms with Gasteiger partial charge in [-0.25, -0.2) is 13.4 Å². The van der Waals surface area contributed by atoms with E-state index < -0.39 is 26.7 Å². The van der Waals surface area contributed by atoms with Crippen molar-refractivity contribution in [2.45, 2.75) is 23.9 Å². The molecule has 0 spiro atoms. The molecular weight excluding hydrogens is 607 g/mol. The molecule has 0 radical (unpaired) electrons. The van der Waals surface area contributed by atoms with Crippen LogP contribution in [0.4, 0.5) is 19.0 Å². The highest BCUT2D eigenvalue weighted by atomic mass is 79.9. The van der Waals surface area contributed by atoms with E-state index in [2.05, 4.69) is 31.3 Å². The average Bonchev–Trinajstić information content (AvgIpc) is 3.28. The number of alkyl halides is 3. The highest BCUT2D eigenvalue weighted by Crippen LogP contribution is 2.36. The van der Waals surface area contributed by atoms with Gasteiger partial charge in [0.05, 0.1) is 26.8 Å². The third-order valence-electron chi connectivity index (χ3n) is 6.44. The van der Waals surface area contributed by atoms with Gasteiger partial charge < -0.3 is 5.32 Å². The van der Waals surface area contributed by atoms with Gasteiger partial charge in [0.15, 0.2) is 5.65 Å². The van der Waals surface area contributed by atoms with Crippen molar-refractivity contribution in [1.29, 1.82) is 0 Å². The van der Waals surface area contributed by atoms with E-state index in [1.807, 2.05) is 24.3 Å². The van der Waals surface area contributed by atoms with Crippen molar-refractivity contribution in [3.63, 3.8) is 0 Å². The number of anilines is 1. The number of hydrogen-bond donors (Lipinski definition) is 1. The SMILES string of the molecule is O=S(=O)(c1ccccc1C(F)(F)F)N1CCCC(CNc2cc(-c3ccccc3Cl)nc3c(Br)cnn23)C1. The second-order valence-electron chi connectivity index (χ2n) is 8.98. The van der Waals surface area contributed by atoms with Crippen LogP contribution in [0.1, 0.15) is 18.4 Å². The molecule has 38 heavy (non-hydrogen) atoms. The van der Waals surface area contributed by atoms with Crippen LogP contribution in [0.5, 0.6) is 0 Å². The predicted molar refractivity (Wildman–Crippen MR) is 143 cm³/mol. The first kappa shape index (κ1) is 26.9. The standard InChI is InChI=1S/C25H22BrClF3N5O2S/c26-19-14-32-35-23(12-21(33-24(19)35)17-7-1-3-9-20(17)27)31-13-16-6-5-11-34(15-16)38(36,37)22-10-4-2-8-18(22)25(28,29)30/h1-4,7-10,12,14,16,31H,5-6,11,13,15H2. The molecule has 4 aromatic rings. The van der Waals surface area contributed by atoms with Crippen molar-refractivity contribution in [2.75, 3.05) is 25.0 Å². The zero-order valence-electron chi connectivity index (χ0n) is 19.8. The number of hydrogen-bond acceptors (Lipinski definition) is 5. The fraction of sp³-hybridized carbons (Fsp3) is 0.280. The summed E-state index contributed by atoms with van der Waals surface area (Å²) in [5.74, 6) is 0.487. The van der Waals surface area contributed by atoms with E-state index in [0.29, 0.717) is 46.0 Å². The molecule has 1 unspecified atom stereocenters. The van der Waals surface area contributed by atoms with Crippen molar-refractivity contribution in [2.24, 2.45) is 5.92 Å². The van der Waals surface area contributed by atoms with E-state index in [0.717, 1.165) is 22.0 Å². The lowest BCUT2D eigenvalue weighted by atomic mass is 10.00. The number of piperidine rings is 1. The van der Waals surface area contributed by atoms with Gasteiger partial charge in [-0.2, -0.15) is 27.1 Å². The zero-order valence-corrected chi connectivity index (χ0v) is 22.9. The fourth-order valence-corrected chi connectivity index (χ4v) is 6.94. The van der Waals surface area contributed by atoms with E-state index >= 15 is 0 Å². The fourth-order valence-electron chi connectivity index (χ4n) is 4.59. The number of fused-ring (bicyclic) bond motifs is 1. The Hall–Kier alpha value is -2.67. The van der Waals surface area contributed by atoms with E-state index in [9.17, 15) is 21.6 Å². The van der Waals surface area contributed by atoms with E-state index in [1.165, 1.54) is 12.1 Å². The summed E-state index contributed by atoms with van der Waals surface area (Å²) in [6, 6.07) is 13.4. The lowest BCUT2D eigenvalue weighted by molar-refractivity contribution is -0.139. The number of nitrogens with one attached hydrogen (secondary N) is 1. The maximum absolute atomic E-state index is 13.5. The molecule has 1 saturated heterocycles. The highest BCUT2D eigenvalue weighted by molar-refractivity contribution is 9.10. The Morgan fingerprint density at radius 2 is 1.87 bits per heavy atom. The summed E-state index contributed by atoms with van der Waals surface area (Å²) >= 11 is 9.86. The first-order valence-electron chi connectivity index (χ1n) is 11.7. The van der Waals surface area contributed by atoms with Crippen LogP contribution in [-0.2, 0) is 16.2 Å². The Kier molecular flexibility index (Phi) is 7.42. The van der Waals surface area contributed by atoms with Crippen LogP contribution >= 0.6 is 27.5 Å². The van der Waals surface area contributed by atoms with Crippen LogP contribution in [0.2, 0.25) is 5.02 Å². The lowest BCUT2D eigenvalue weighted by Crippen LogP contribution is -2.42. The van der Waals surface area contributed by atoms with Crippen LogP contribution < -0.4 is 5.32 Å². The molecular formula is C25H22BrClF3N5O2S. The smallest absolute Gasteiger partial charge is 0.370 e. The molecule has 0 bridgehead atoms. The molecule has 0 amide bonds. The minimum atomic E-state index is -4.77. The quantitative estimate of drug-likeness (QED) is 0.270. The molecule has 5 rings (SSSR count). The molecule has 1 fully saturated rings. The van der Waals surface area contributed by atoms with Crippen LogP contribution in [0.15, 0.2) is 70.2 Å². The van der Waals surface area contributed by atoms with E-state index in [4.69, 9.17) is 11.6 Å². The molecule has 13 heteroatoms. The molecule has 1 aliphatic heterocycles. The van der Waals surface area contributed by atoms with E-state index in [-0.39, 0.29) is 19.0 Å². The Balaban J connectivity index is 1.39. The van der Waals surface area contributed by atoms with Gasteiger partial charge in [-0.15, -0.1) is 0 Å². The normalized spacial score (nSPS) is 17.1. The number of benzene rings is 2. The third kappa shape index (κ3) is 5.27. The summed E-state index contributed by atoms with van der Waals surface area (Å²) < 4.78 is 70.5. The Labute approximate surface area is 230 Å².